The van der Waals surface area contributed by atoms with Crippen LogP contribution in [0.25, 0.3) is 10.9 Å². The minimum atomic E-state index is 0. The molecule has 4 nitrogen and oxygen atoms in total. The van der Waals surface area contributed by atoms with Gasteiger partial charge in [-0.1, -0.05) is 6.07 Å². The van der Waals surface area contributed by atoms with Crippen molar-refractivity contribution in [3.05, 3.63) is 42.1 Å². The maximum absolute atomic E-state index is 12.7. The predicted molar refractivity (Wildman–Crippen MR) is 101 cm³/mol. The molecule has 1 N–H and O–H groups in total. The van der Waals surface area contributed by atoms with E-state index in [1.54, 1.807) is 6.20 Å². The van der Waals surface area contributed by atoms with Crippen molar-refractivity contribution in [2.75, 3.05) is 26.2 Å². The molecule has 2 aliphatic rings. The van der Waals surface area contributed by atoms with Crippen LogP contribution in [0.5, 0.6) is 0 Å². The van der Waals surface area contributed by atoms with Crippen molar-refractivity contribution < 1.29 is 4.79 Å². The normalized spacial score (nSPS) is 18.9. The summed E-state index contributed by atoms with van der Waals surface area (Å²) in [5, 5.41) is 4.50. The first kappa shape index (κ1) is 19.0. The minimum absolute atomic E-state index is 0. The first-order valence-electron chi connectivity index (χ1n) is 8.11. The molecule has 4 rings (SSSR count). The number of nitrogens with one attached hydrogen (secondary N) is 1. The molecule has 0 unspecified atom stereocenters. The number of hydrogen-bond acceptors (Lipinski definition) is 3. The molecule has 1 spiro atoms. The van der Waals surface area contributed by atoms with E-state index in [2.05, 4.69) is 10.3 Å². The number of halogens is 2. The van der Waals surface area contributed by atoms with Crippen LogP contribution in [-0.4, -0.2) is 42.0 Å². The molecule has 1 aromatic heterocycles. The number of rotatable bonds is 1. The van der Waals surface area contributed by atoms with E-state index >= 15 is 0 Å². The van der Waals surface area contributed by atoms with Crippen LogP contribution in [0.4, 0.5) is 0 Å². The molecule has 0 radical (unpaired) electrons. The summed E-state index contributed by atoms with van der Waals surface area (Å²) in [6, 6.07) is 9.73. The Morgan fingerprint density at radius 1 is 1.12 bits per heavy atom. The summed E-state index contributed by atoms with van der Waals surface area (Å²) >= 11 is 0. The van der Waals surface area contributed by atoms with Gasteiger partial charge in [0.05, 0.1) is 5.52 Å². The van der Waals surface area contributed by atoms with Gasteiger partial charge in [0.2, 0.25) is 0 Å². The van der Waals surface area contributed by atoms with Gasteiger partial charge in [0.25, 0.3) is 5.91 Å². The van der Waals surface area contributed by atoms with Crippen LogP contribution >= 0.6 is 24.8 Å². The van der Waals surface area contributed by atoms with Crippen molar-refractivity contribution in [2.45, 2.75) is 19.3 Å². The lowest BCUT2D eigenvalue weighted by Gasteiger charge is -2.38. The van der Waals surface area contributed by atoms with E-state index in [0.717, 1.165) is 55.5 Å². The van der Waals surface area contributed by atoms with Gasteiger partial charge in [-0.15, -0.1) is 24.8 Å². The molecule has 2 aliphatic heterocycles. The summed E-state index contributed by atoms with van der Waals surface area (Å²) in [5.74, 6) is 0.159. The van der Waals surface area contributed by atoms with E-state index in [-0.39, 0.29) is 30.7 Å². The molecule has 0 atom stereocenters. The highest BCUT2D eigenvalue weighted by molar-refractivity contribution is 5.98. The third-order valence-corrected chi connectivity index (χ3v) is 5.29. The number of piperidine rings is 1. The summed E-state index contributed by atoms with van der Waals surface area (Å²) in [5.41, 5.74) is 2.17. The van der Waals surface area contributed by atoms with Gasteiger partial charge in [0.15, 0.2) is 0 Å². The molecule has 1 aromatic carbocycles. The quantitative estimate of drug-likeness (QED) is 0.840. The Balaban J connectivity index is 0.00000104. The maximum atomic E-state index is 12.7. The molecule has 2 fully saturated rings. The van der Waals surface area contributed by atoms with Crippen molar-refractivity contribution in [3.63, 3.8) is 0 Å². The van der Waals surface area contributed by atoms with Crippen molar-refractivity contribution in [3.8, 4) is 0 Å². The lowest BCUT2D eigenvalue weighted by atomic mass is 9.78. The largest absolute Gasteiger partial charge is 0.339 e. The molecular weight excluding hydrogens is 345 g/mol. The van der Waals surface area contributed by atoms with Gasteiger partial charge >= 0.3 is 0 Å². The van der Waals surface area contributed by atoms with Gasteiger partial charge in [-0.2, -0.15) is 0 Å². The van der Waals surface area contributed by atoms with E-state index in [0.29, 0.717) is 5.41 Å². The summed E-state index contributed by atoms with van der Waals surface area (Å²) in [6.45, 7) is 4.01. The second-order valence-electron chi connectivity index (χ2n) is 6.63. The molecule has 130 valence electrons. The Labute approximate surface area is 154 Å². The Bertz CT molecular complexity index is 706. The fourth-order valence-electron chi connectivity index (χ4n) is 3.80. The molecule has 6 heteroatoms. The number of pyridine rings is 1. The number of likely N-dealkylation sites (tertiary alicyclic amines) is 1. The molecule has 0 aliphatic carbocycles. The van der Waals surface area contributed by atoms with Crippen LogP contribution in [0.15, 0.2) is 36.5 Å². The van der Waals surface area contributed by atoms with Crippen LogP contribution in [0, 0.1) is 5.41 Å². The third kappa shape index (κ3) is 3.51. The van der Waals surface area contributed by atoms with Gasteiger partial charge in [-0.3, -0.25) is 9.78 Å². The molecule has 2 saturated heterocycles. The van der Waals surface area contributed by atoms with Gasteiger partial charge in [0.1, 0.15) is 0 Å². The second-order valence-corrected chi connectivity index (χ2v) is 6.63. The Morgan fingerprint density at radius 2 is 1.92 bits per heavy atom. The number of benzene rings is 1. The van der Waals surface area contributed by atoms with Crippen LogP contribution < -0.4 is 5.32 Å². The highest BCUT2D eigenvalue weighted by Gasteiger charge is 2.38. The third-order valence-electron chi connectivity index (χ3n) is 5.29. The van der Waals surface area contributed by atoms with Crippen LogP contribution in [0.1, 0.15) is 29.6 Å². The number of aromatic nitrogens is 1. The Kier molecular flexibility index (Phi) is 6.07. The molecule has 3 heterocycles. The summed E-state index contributed by atoms with van der Waals surface area (Å²) < 4.78 is 0. The van der Waals surface area contributed by atoms with Crippen molar-refractivity contribution in [2.24, 2.45) is 5.41 Å². The molecule has 0 saturated carbocycles. The molecule has 0 bridgehead atoms. The van der Waals surface area contributed by atoms with Gasteiger partial charge in [-0.25, -0.2) is 0 Å². The van der Waals surface area contributed by atoms with Gasteiger partial charge in [-0.05, 0) is 55.5 Å². The van der Waals surface area contributed by atoms with E-state index in [4.69, 9.17) is 0 Å². The average Bonchev–Trinajstić information content (AvgIpc) is 3.02. The number of amides is 1. The number of carbonyl (C=O) groups excluding carboxylic acids is 1. The zero-order valence-electron chi connectivity index (χ0n) is 13.5. The number of carbonyl (C=O) groups is 1. The van der Waals surface area contributed by atoms with Crippen LogP contribution in [-0.2, 0) is 0 Å². The lowest BCUT2D eigenvalue weighted by molar-refractivity contribution is 0.0608. The number of hydrogen-bond donors (Lipinski definition) is 1. The van der Waals surface area contributed by atoms with Gasteiger partial charge < -0.3 is 10.2 Å². The molecule has 2 aromatic rings. The minimum Gasteiger partial charge on any atom is -0.339 e. The number of fused-ring (bicyclic) bond motifs is 1. The molecular formula is C18H23Cl2N3O. The van der Waals surface area contributed by atoms with Crippen molar-refractivity contribution >= 4 is 41.6 Å². The topological polar surface area (TPSA) is 45.2 Å². The van der Waals surface area contributed by atoms with E-state index in [1.807, 2.05) is 35.2 Å². The highest BCUT2D eigenvalue weighted by Crippen LogP contribution is 2.37. The lowest BCUT2D eigenvalue weighted by Crippen LogP contribution is -2.44. The van der Waals surface area contributed by atoms with Crippen molar-refractivity contribution in [1.29, 1.82) is 0 Å². The van der Waals surface area contributed by atoms with Crippen LogP contribution in [0.2, 0.25) is 0 Å². The SMILES string of the molecule is Cl.Cl.O=C(c1ccc2ncccc2c1)N1CCC2(CCNC2)CC1. The van der Waals surface area contributed by atoms with E-state index in [9.17, 15) is 4.79 Å². The van der Waals surface area contributed by atoms with E-state index < -0.39 is 0 Å². The molecule has 1 amide bonds. The summed E-state index contributed by atoms with van der Waals surface area (Å²) in [4.78, 5) is 19.1. The zero-order valence-corrected chi connectivity index (χ0v) is 15.2. The van der Waals surface area contributed by atoms with Crippen LogP contribution in [0.3, 0.4) is 0 Å². The standard InChI is InChI=1S/C18H21N3O.2ClH/c22-17(15-3-4-16-14(12-15)2-1-8-20-16)21-10-6-18(7-11-21)5-9-19-13-18;;/h1-4,8,12,19H,5-7,9-11,13H2;2*1H. The Morgan fingerprint density at radius 3 is 2.62 bits per heavy atom. The maximum Gasteiger partial charge on any atom is 0.253 e. The summed E-state index contributed by atoms with van der Waals surface area (Å²) in [6.07, 6.45) is 5.29. The fraction of sp³-hybridized carbons (Fsp3) is 0.444. The van der Waals surface area contributed by atoms with Gasteiger partial charge in [0, 0.05) is 36.8 Å². The number of nitrogens with zero attached hydrogens (tertiary/aromatic N) is 2. The first-order valence-corrected chi connectivity index (χ1v) is 8.11. The molecule has 24 heavy (non-hydrogen) atoms. The average molecular weight is 368 g/mol. The monoisotopic (exact) mass is 367 g/mol. The highest BCUT2D eigenvalue weighted by atomic mass is 35.5. The zero-order chi connectivity index (χ0) is 15.0. The predicted octanol–water partition coefficient (Wildman–Crippen LogP) is 3.29. The fourth-order valence-corrected chi connectivity index (χ4v) is 3.80. The second kappa shape index (κ2) is 7.68. The first-order chi connectivity index (χ1) is 10.8. The summed E-state index contributed by atoms with van der Waals surface area (Å²) in [7, 11) is 0. The van der Waals surface area contributed by atoms with E-state index in [1.165, 1.54) is 6.42 Å². The smallest absolute Gasteiger partial charge is 0.253 e. The Hall–Kier alpha value is -1.36. The van der Waals surface area contributed by atoms with Crippen molar-refractivity contribution in [1.82, 2.24) is 15.2 Å².